The summed E-state index contributed by atoms with van der Waals surface area (Å²) in [6, 6.07) is 6.05. The monoisotopic (exact) mass is 398 g/mol. The minimum atomic E-state index is -0.723. The third-order valence-corrected chi connectivity index (χ3v) is 5.73. The van der Waals surface area contributed by atoms with Crippen molar-refractivity contribution in [2.24, 2.45) is 0 Å². The molecular formula is C22H27FN4O2. The number of fused-ring (bicyclic) bond motifs is 1. The van der Waals surface area contributed by atoms with E-state index in [1.165, 1.54) is 6.07 Å². The summed E-state index contributed by atoms with van der Waals surface area (Å²) >= 11 is 0. The third-order valence-electron chi connectivity index (χ3n) is 5.73. The zero-order chi connectivity index (χ0) is 20.4. The zero-order valence-electron chi connectivity index (χ0n) is 17.0. The highest BCUT2D eigenvalue weighted by molar-refractivity contribution is 5.82. The quantitative estimate of drug-likeness (QED) is 0.775. The van der Waals surface area contributed by atoms with E-state index in [0.717, 1.165) is 43.6 Å². The summed E-state index contributed by atoms with van der Waals surface area (Å²) in [5, 5.41) is 0. The van der Waals surface area contributed by atoms with E-state index in [-0.39, 0.29) is 17.7 Å². The summed E-state index contributed by atoms with van der Waals surface area (Å²) in [5.74, 6) is 0.233. The van der Waals surface area contributed by atoms with Gasteiger partial charge in [-0.25, -0.2) is 14.4 Å². The fourth-order valence-electron chi connectivity index (χ4n) is 4.12. The Kier molecular flexibility index (Phi) is 5.76. The molecule has 6 nitrogen and oxygen atoms in total. The fraction of sp³-hybridized carbons (Fsp3) is 0.500. The molecule has 2 aliphatic heterocycles. The number of likely N-dealkylation sites (N-methyl/N-ethyl adjacent to an activating group) is 1. The highest BCUT2D eigenvalue weighted by atomic mass is 19.1. The van der Waals surface area contributed by atoms with Gasteiger partial charge in [-0.3, -0.25) is 4.79 Å². The van der Waals surface area contributed by atoms with E-state index in [2.05, 4.69) is 16.9 Å². The van der Waals surface area contributed by atoms with E-state index in [1.807, 2.05) is 18.0 Å². The lowest BCUT2D eigenvalue weighted by Gasteiger charge is -2.29. The molecule has 1 amide bonds. The summed E-state index contributed by atoms with van der Waals surface area (Å²) in [5.41, 5.74) is 2.25. The van der Waals surface area contributed by atoms with Crippen molar-refractivity contribution in [2.75, 3.05) is 20.1 Å². The van der Waals surface area contributed by atoms with Gasteiger partial charge in [-0.2, -0.15) is 0 Å². The predicted octanol–water partition coefficient (Wildman–Crippen LogP) is 3.12. The van der Waals surface area contributed by atoms with Crippen molar-refractivity contribution >= 4 is 5.91 Å². The number of nitrogens with zero attached hydrogens (tertiary/aromatic N) is 4. The first-order valence-electron chi connectivity index (χ1n) is 10.3. The van der Waals surface area contributed by atoms with Crippen molar-refractivity contribution in [3.8, 4) is 5.75 Å². The van der Waals surface area contributed by atoms with Gasteiger partial charge in [0.15, 0.2) is 23.5 Å². The number of benzene rings is 1. The number of rotatable bonds is 5. The van der Waals surface area contributed by atoms with Crippen LogP contribution in [0.1, 0.15) is 49.3 Å². The second-order valence-electron chi connectivity index (χ2n) is 7.82. The Morgan fingerprint density at radius 3 is 2.97 bits per heavy atom. The van der Waals surface area contributed by atoms with E-state index in [0.29, 0.717) is 18.8 Å². The van der Waals surface area contributed by atoms with Crippen LogP contribution in [0.3, 0.4) is 0 Å². The van der Waals surface area contributed by atoms with Gasteiger partial charge in [0, 0.05) is 43.5 Å². The molecule has 1 fully saturated rings. The van der Waals surface area contributed by atoms with Crippen molar-refractivity contribution in [1.29, 1.82) is 0 Å². The van der Waals surface area contributed by atoms with Crippen molar-refractivity contribution in [3.05, 3.63) is 53.4 Å². The van der Waals surface area contributed by atoms with Crippen molar-refractivity contribution in [3.63, 3.8) is 0 Å². The minimum Gasteiger partial charge on any atom is -0.478 e. The molecule has 2 aliphatic rings. The predicted molar refractivity (Wildman–Crippen MR) is 107 cm³/mol. The Hall–Kier alpha value is -2.54. The molecule has 0 saturated carbocycles. The largest absolute Gasteiger partial charge is 0.478 e. The first-order chi connectivity index (χ1) is 14.1. The Morgan fingerprint density at radius 1 is 1.34 bits per heavy atom. The Balaban J connectivity index is 1.53. The van der Waals surface area contributed by atoms with Crippen molar-refractivity contribution in [1.82, 2.24) is 19.8 Å². The van der Waals surface area contributed by atoms with Crippen LogP contribution in [0, 0.1) is 5.82 Å². The lowest BCUT2D eigenvalue weighted by atomic mass is 10.1. The highest BCUT2D eigenvalue weighted by Gasteiger charge is 2.36. The maximum atomic E-state index is 14.0. The lowest BCUT2D eigenvalue weighted by Crippen LogP contribution is -2.42. The van der Waals surface area contributed by atoms with Crippen LogP contribution in [0.25, 0.3) is 0 Å². The van der Waals surface area contributed by atoms with Gasteiger partial charge in [0.2, 0.25) is 0 Å². The normalized spacial score (nSPS) is 20.4. The number of halogens is 1. The number of likely N-dealkylation sites (tertiary alicyclic amines) is 1. The molecule has 2 atom stereocenters. The first-order valence-corrected chi connectivity index (χ1v) is 10.3. The van der Waals surface area contributed by atoms with Crippen LogP contribution in [0.15, 0.2) is 30.5 Å². The third kappa shape index (κ3) is 4.10. The van der Waals surface area contributed by atoms with E-state index in [1.54, 1.807) is 18.2 Å². The Morgan fingerprint density at radius 2 is 2.17 bits per heavy atom. The van der Waals surface area contributed by atoms with Gasteiger partial charge >= 0.3 is 0 Å². The average molecular weight is 398 g/mol. The molecule has 0 unspecified atom stereocenters. The molecule has 1 aromatic carbocycles. The number of carbonyl (C=O) groups excluding carboxylic acids is 1. The fourth-order valence-corrected chi connectivity index (χ4v) is 4.12. The molecule has 2 aromatic rings. The summed E-state index contributed by atoms with van der Waals surface area (Å²) in [4.78, 5) is 26.7. The van der Waals surface area contributed by atoms with Gasteiger partial charge in [-0.05, 0) is 38.4 Å². The van der Waals surface area contributed by atoms with Gasteiger partial charge in [-0.15, -0.1) is 0 Å². The number of ether oxygens (including phenoxy) is 1. The summed E-state index contributed by atoms with van der Waals surface area (Å²) < 4.78 is 19.7. The van der Waals surface area contributed by atoms with Crippen LogP contribution in [-0.4, -0.2) is 51.9 Å². The van der Waals surface area contributed by atoms with Crippen LogP contribution in [0.2, 0.25) is 0 Å². The van der Waals surface area contributed by atoms with E-state index in [4.69, 9.17) is 9.72 Å². The molecule has 0 radical (unpaired) electrons. The van der Waals surface area contributed by atoms with Crippen LogP contribution in [0.4, 0.5) is 4.39 Å². The van der Waals surface area contributed by atoms with E-state index in [9.17, 15) is 9.18 Å². The smallest absolute Gasteiger partial charge is 0.264 e. The Labute approximate surface area is 170 Å². The number of hydrogen-bond acceptors (Lipinski definition) is 5. The molecule has 154 valence electrons. The number of carbonyl (C=O) groups is 1. The number of aromatic nitrogens is 2. The molecule has 0 spiro atoms. The standard InChI is InChI=1S/C22H27FN4O2/c1-3-19(29-20-9-5-4-7-16(20)23)22(28)27-11-6-8-18(27)21-24-13-15-14-26(2)12-10-17(15)25-21/h4-5,7,9,13,18-19H,3,6,8,10-12,14H2,1-2H3/t18-,19+/m0/s1. The second-order valence-corrected chi connectivity index (χ2v) is 7.82. The molecule has 3 heterocycles. The second kappa shape index (κ2) is 8.45. The van der Waals surface area contributed by atoms with Crippen LogP contribution in [0.5, 0.6) is 5.75 Å². The van der Waals surface area contributed by atoms with Gasteiger partial charge in [0.05, 0.1) is 6.04 Å². The minimum absolute atomic E-state index is 0.109. The topological polar surface area (TPSA) is 58.6 Å². The number of hydrogen-bond donors (Lipinski definition) is 0. The first kappa shape index (κ1) is 19.8. The van der Waals surface area contributed by atoms with E-state index >= 15 is 0 Å². The zero-order valence-corrected chi connectivity index (χ0v) is 17.0. The average Bonchev–Trinajstić information content (AvgIpc) is 3.22. The molecular weight excluding hydrogens is 371 g/mol. The maximum Gasteiger partial charge on any atom is 0.264 e. The molecule has 1 saturated heterocycles. The molecule has 0 bridgehead atoms. The molecule has 29 heavy (non-hydrogen) atoms. The summed E-state index contributed by atoms with van der Waals surface area (Å²) in [7, 11) is 2.09. The van der Waals surface area contributed by atoms with Crippen LogP contribution >= 0.6 is 0 Å². The Bertz CT molecular complexity index is 891. The number of para-hydroxylation sites is 1. The lowest BCUT2D eigenvalue weighted by molar-refractivity contribution is -0.140. The van der Waals surface area contributed by atoms with Gasteiger partial charge < -0.3 is 14.5 Å². The van der Waals surface area contributed by atoms with Crippen molar-refractivity contribution < 1.29 is 13.9 Å². The summed E-state index contributed by atoms with van der Waals surface area (Å²) in [6.07, 6.45) is 4.28. The number of amides is 1. The molecule has 4 rings (SSSR count). The molecule has 7 heteroatoms. The molecule has 0 N–H and O–H groups in total. The van der Waals surface area contributed by atoms with Crippen molar-refractivity contribution in [2.45, 2.75) is 51.3 Å². The molecule has 1 aromatic heterocycles. The molecule has 0 aliphatic carbocycles. The van der Waals surface area contributed by atoms with E-state index < -0.39 is 11.9 Å². The highest BCUT2D eigenvalue weighted by Crippen LogP contribution is 2.32. The van der Waals surface area contributed by atoms with Crippen LogP contribution < -0.4 is 4.74 Å². The van der Waals surface area contributed by atoms with Gasteiger partial charge in [0.1, 0.15) is 0 Å². The maximum absolute atomic E-state index is 14.0. The SMILES string of the molecule is CC[C@@H](Oc1ccccc1F)C(=O)N1CCC[C@H]1c1ncc2c(n1)CCN(C)C2. The van der Waals surface area contributed by atoms with Gasteiger partial charge in [0.25, 0.3) is 5.91 Å². The van der Waals surface area contributed by atoms with Crippen LogP contribution in [-0.2, 0) is 17.8 Å². The summed E-state index contributed by atoms with van der Waals surface area (Å²) in [6.45, 7) is 4.35. The van der Waals surface area contributed by atoms with Gasteiger partial charge in [-0.1, -0.05) is 19.1 Å².